The summed E-state index contributed by atoms with van der Waals surface area (Å²) in [5.74, 6) is 0.844. The average Bonchev–Trinajstić information content (AvgIpc) is 3.23. The number of ether oxygens (including phenoxy) is 1. The van der Waals surface area contributed by atoms with Crippen LogP contribution in [0, 0.1) is 5.92 Å². The molecule has 0 saturated heterocycles. The molecule has 7 nitrogen and oxygen atoms in total. The summed E-state index contributed by atoms with van der Waals surface area (Å²) in [4.78, 5) is 30.3. The molecule has 0 radical (unpaired) electrons. The largest absolute Gasteiger partial charge is 0.466 e. The van der Waals surface area contributed by atoms with Crippen molar-refractivity contribution >= 4 is 11.9 Å². The van der Waals surface area contributed by atoms with Gasteiger partial charge in [0.2, 0.25) is 5.91 Å². The highest BCUT2D eigenvalue weighted by Gasteiger charge is 2.21. The molecule has 1 rings (SSSR count). The molecule has 0 aromatic carbocycles. The zero-order chi connectivity index (χ0) is 42.0. The topological polar surface area (TPSA) is 82.1 Å². The number of rotatable bonds is 44. The highest BCUT2D eigenvalue weighted by molar-refractivity contribution is 5.75. The van der Waals surface area contributed by atoms with Crippen molar-refractivity contribution in [2.45, 2.75) is 258 Å². The summed E-state index contributed by atoms with van der Waals surface area (Å²) in [6.45, 7) is 13.3. The summed E-state index contributed by atoms with van der Waals surface area (Å²) in [7, 11) is 0. The maximum atomic E-state index is 12.9. The van der Waals surface area contributed by atoms with Gasteiger partial charge < -0.3 is 15.2 Å². The highest BCUT2D eigenvalue weighted by atomic mass is 16.5. The van der Waals surface area contributed by atoms with Crippen LogP contribution in [0.25, 0.3) is 0 Å². The van der Waals surface area contributed by atoms with E-state index in [1.807, 2.05) is 0 Å². The molecular weight excluding hydrogens is 719 g/mol. The monoisotopic (exact) mass is 820 g/mol. The summed E-state index contributed by atoms with van der Waals surface area (Å²) in [5.41, 5.74) is 0. The number of nitrogens with zero attached hydrogens (tertiary/aromatic N) is 2. The van der Waals surface area contributed by atoms with Crippen LogP contribution in [-0.4, -0.2) is 85.3 Å². The van der Waals surface area contributed by atoms with Crippen LogP contribution >= 0.6 is 0 Å². The fourth-order valence-corrected chi connectivity index (χ4v) is 9.02. The minimum atomic E-state index is -0.0183. The fourth-order valence-electron chi connectivity index (χ4n) is 9.02. The van der Waals surface area contributed by atoms with Crippen molar-refractivity contribution < 1.29 is 19.4 Å². The highest BCUT2D eigenvalue weighted by Crippen LogP contribution is 2.24. The molecule has 0 aromatic heterocycles. The van der Waals surface area contributed by atoms with Gasteiger partial charge in [-0.15, -0.1) is 0 Å². The van der Waals surface area contributed by atoms with Crippen molar-refractivity contribution in [2.24, 2.45) is 5.92 Å². The van der Waals surface area contributed by atoms with Crippen LogP contribution in [0.2, 0.25) is 0 Å². The normalized spacial score (nSPS) is 13.6. The quantitative estimate of drug-likeness (QED) is 0.0471. The van der Waals surface area contributed by atoms with E-state index in [-0.39, 0.29) is 18.5 Å². The number of carbonyl (C=O) groups is 2. The maximum absolute atomic E-state index is 12.9. The van der Waals surface area contributed by atoms with E-state index in [4.69, 9.17) is 4.74 Å². The Kier molecular flexibility index (Phi) is 40.2. The first-order valence-electron chi connectivity index (χ1n) is 26.0. The van der Waals surface area contributed by atoms with Crippen molar-refractivity contribution in [3.05, 3.63) is 0 Å². The number of amides is 1. The van der Waals surface area contributed by atoms with E-state index in [0.29, 0.717) is 31.4 Å². The molecule has 1 saturated carbocycles. The Balaban J connectivity index is 2.33. The number of hydrogen-bond acceptors (Lipinski definition) is 6. The first kappa shape index (κ1) is 54.8. The van der Waals surface area contributed by atoms with Crippen LogP contribution in [0.5, 0.6) is 0 Å². The summed E-state index contributed by atoms with van der Waals surface area (Å²) in [5, 5.41) is 13.2. The first-order valence-corrected chi connectivity index (χ1v) is 26.0. The van der Waals surface area contributed by atoms with E-state index in [2.05, 4.69) is 35.9 Å². The van der Waals surface area contributed by atoms with Gasteiger partial charge in [0.15, 0.2) is 0 Å². The van der Waals surface area contributed by atoms with Crippen molar-refractivity contribution in [3.8, 4) is 0 Å². The summed E-state index contributed by atoms with van der Waals surface area (Å²) >= 11 is 0. The molecule has 0 atom stereocenters. The number of esters is 1. The third-order valence-corrected chi connectivity index (χ3v) is 12.9. The molecule has 1 fully saturated rings. The van der Waals surface area contributed by atoms with Crippen molar-refractivity contribution in [1.82, 2.24) is 15.1 Å². The Bertz CT molecular complexity index is 866. The van der Waals surface area contributed by atoms with E-state index in [1.54, 1.807) is 0 Å². The predicted octanol–water partition coefficient (Wildman–Crippen LogP) is 13.3. The molecule has 2 N–H and O–H groups in total. The number of carbonyl (C=O) groups excluding carboxylic acids is 2. The van der Waals surface area contributed by atoms with E-state index >= 15 is 0 Å². The van der Waals surface area contributed by atoms with E-state index in [1.165, 1.54) is 173 Å². The summed E-state index contributed by atoms with van der Waals surface area (Å²) in [6, 6.07) is 0.667. The third-order valence-electron chi connectivity index (χ3n) is 12.9. The molecule has 0 aromatic rings. The molecule has 0 heterocycles. The van der Waals surface area contributed by atoms with Crippen molar-refractivity contribution in [1.29, 1.82) is 0 Å². The van der Waals surface area contributed by atoms with Crippen LogP contribution < -0.4 is 5.32 Å². The Labute approximate surface area is 361 Å². The van der Waals surface area contributed by atoms with Gasteiger partial charge in [0.1, 0.15) is 0 Å². The Hall–Kier alpha value is -1.18. The predicted molar refractivity (Wildman–Crippen MR) is 250 cm³/mol. The van der Waals surface area contributed by atoms with Gasteiger partial charge in [-0.2, -0.15) is 0 Å². The second-order valence-electron chi connectivity index (χ2n) is 18.3. The number of aliphatic hydroxyl groups excluding tert-OH is 1. The van der Waals surface area contributed by atoms with Gasteiger partial charge in [-0.3, -0.25) is 19.4 Å². The molecule has 344 valence electrons. The fraction of sp³-hybridized carbons (Fsp3) is 0.961. The van der Waals surface area contributed by atoms with Crippen LogP contribution in [0.3, 0.4) is 0 Å². The van der Waals surface area contributed by atoms with Crippen molar-refractivity contribution in [2.75, 3.05) is 52.5 Å². The number of aliphatic hydroxyl groups is 1. The standard InChI is InChI=1S/C51H101N3O4/c1-4-7-10-13-16-17-18-21-33-46-58-51(57)39-30-24-32-41-54(49-36-27-22-28-37-49)43-42-53(44-45-55)40-31-23-29-38-50(56)52-47-48(34-25-19-14-11-8-5-2)35-26-20-15-12-9-6-3/h48-49,55H,4-47H2,1-3H3,(H,52,56). The molecule has 7 heteroatoms. The minimum absolute atomic E-state index is 0.0183. The molecule has 0 bridgehead atoms. The lowest BCUT2D eigenvalue weighted by Crippen LogP contribution is -2.43. The second kappa shape index (κ2) is 42.5. The third kappa shape index (κ3) is 34.5. The Morgan fingerprint density at radius 3 is 1.62 bits per heavy atom. The van der Waals surface area contributed by atoms with Gasteiger partial charge in [-0.05, 0) is 76.8 Å². The van der Waals surface area contributed by atoms with Gasteiger partial charge in [-0.25, -0.2) is 0 Å². The van der Waals surface area contributed by atoms with E-state index < -0.39 is 0 Å². The van der Waals surface area contributed by atoms with E-state index in [9.17, 15) is 14.7 Å². The molecule has 1 aliphatic carbocycles. The molecule has 1 aliphatic rings. The Morgan fingerprint density at radius 1 is 0.552 bits per heavy atom. The average molecular weight is 820 g/mol. The molecule has 0 spiro atoms. The lowest BCUT2D eigenvalue weighted by atomic mass is 9.94. The maximum Gasteiger partial charge on any atom is 0.305 e. The van der Waals surface area contributed by atoms with Gasteiger partial charge in [0.25, 0.3) is 0 Å². The molecular formula is C51H101N3O4. The summed E-state index contributed by atoms with van der Waals surface area (Å²) < 4.78 is 5.54. The van der Waals surface area contributed by atoms with Gasteiger partial charge in [0, 0.05) is 45.1 Å². The van der Waals surface area contributed by atoms with Gasteiger partial charge in [0.05, 0.1) is 13.2 Å². The molecule has 0 unspecified atom stereocenters. The Morgan fingerprint density at radius 2 is 1.05 bits per heavy atom. The molecule has 1 amide bonds. The number of hydrogen-bond donors (Lipinski definition) is 2. The van der Waals surface area contributed by atoms with Gasteiger partial charge >= 0.3 is 5.97 Å². The van der Waals surface area contributed by atoms with Gasteiger partial charge in [-0.1, -0.05) is 181 Å². The van der Waals surface area contributed by atoms with Crippen LogP contribution in [0.4, 0.5) is 0 Å². The second-order valence-corrected chi connectivity index (χ2v) is 18.3. The zero-order valence-corrected chi connectivity index (χ0v) is 39.3. The van der Waals surface area contributed by atoms with Crippen LogP contribution in [-0.2, 0) is 14.3 Å². The molecule has 0 aliphatic heterocycles. The van der Waals surface area contributed by atoms with Crippen LogP contribution in [0.15, 0.2) is 0 Å². The van der Waals surface area contributed by atoms with Crippen molar-refractivity contribution in [3.63, 3.8) is 0 Å². The smallest absolute Gasteiger partial charge is 0.305 e. The summed E-state index contributed by atoms with van der Waals surface area (Å²) in [6.07, 6.45) is 44.1. The zero-order valence-electron chi connectivity index (χ0n) is 39.3. The van der Waals surface area contributed by atoms with Crippen LogP contribution in [0.1, 0.15) is 252 Å². The lowest BCUT2D eigenvalue weighted by Gasteiger charge is -2.36. The minimum Gasteiger partial charge on any atom is -0.466 e. The SMILES string of the molecule is CCCCCCCCCCCOC(=O)CCCCCN(CCN(CCO)CCCCCC(=O)NCC(CCCCCCCC)CCCCCCCC)C1CCCCC1. The first-order chi connectivity index (χ1) is 28.5. The lowest BCUT2D eigenvalue weighted by molar-refractivity contribution is -0.143. The number of nitrogens with one attached hydrogen (secondary N) is 1. The molecule has 58 heavy (non-hydrogen) atoms. The number of unbranched alkanes of at least 4 members (excludes halogenated alkanes) is 22. The van der Waals surface area contributed by atoms with E-state index in [0.717, 1.165) is 84.2 Å².